The van der Waals surface area contributed by atoms with E-state index in [0.29, 0.717) is 5.69 Å². The van der Waals surface area contributed by atoms with Gasteiger partial charge < -0.3 is 5.73 Å². The highest BCUT2D eigenvalue weighted by molar-refractivity contribution is 4.96. The maximum Gasteiger partial charge on any atom is 0.102 e. The van der Waals surface area contributed by atoms with Crippen LogP contribution in [-0.2, 0) is 0 Å². The number of nitrogens with two attached hydrogens (primary N) is 1. The summed E-state index contributed by atoms with van der Waals surface area (Å²) in [6.07, 6.45) is 3.48. The molecule has 0 aliphatic heterocycles. The number of nitrogens with zero attached hydrogens (tertiary/aromatic N) is 4. The standard InChI is InChI=1S/C6H11N5/c1-2-3-5(7)6-4-8-10-11-9-6/h4-5H,2-3,7H2,1H3. The highest BCUT2D eigenvalue weighted by Gasteiger charge is 2.05. The van der Waals surface area contributed by atoms with Gasteiger partial charge in [-0.25, -0.2) is 0 Å². The monoisotopic (exact) mass is 153 g/mol. The van der Waals surface area contributed by atoms with Gasteiger partial charge in [0.2, 0.25) is 0 Å². The van der Waals surface area contributed by atoms with E-state index >= 15 is 0 Å². The second kappa shape index (κ2) is 3.92. The molecule has 0 spiro atoms. The predicted molar refractivity (Wildman–Crippen MR) is 39.5 cm³/mol. The Bertz CT molecular complexity index is 199. The van der Waals surface area contributed by atoms with E-state index < -0.39 is 0 Å². The summed E-state index contributed by atoms with van der Waals surface area (Å²) in [5.41, 5.74) is 6.45. The molecule has 0 aliphatic rings. The molecule has 0 saturated heterocycles. The van der Waals surface area contributed by atoms with Crippen molar-refractivity contribution in [2.45, 2.75) is 25.8 Å². The molecule has 1 rings (SSSR count). The molecule has 60 valence electrons. The molecule has 1 heterocycles. The van der Waals surface area contributed by atoms with Gasteiger partial charge in [0.15, 0.2) is 0 Å². The van der Waals surface area contributed by atoms with Crippen molar-refractivity contribution in [3.05, 3.63) is 11.9 Å². The van der Waals surface area contributed by atoms with Crippen LogP contribution in [0.15, 0.2) is 6.20 Å². The Labute approximate surface area is 65.0 Å². The Kier molecular flexibility index (Phi) is 2.85. The van der Waals surface area contributed by atoms with Crippen LogP contribution >= 0.6 is 0 Å². The number of rotatable bonds is 3. The molecule has 1 unspecified atom stereocenters. The Morgan fingerprint density at radius 2 is 2.36 bits per heavy atom. The molecule has 0 aliphatic carbocycles. The van der Waals surface area contributed by atoms with Gasteiger partial charge >= 0.3 is 0 Å². The summed E-state index contributed by atoms with van der Waals surface area (Å²) < 4.78 is 0. The molecule has 0 fully saturated rings. The number of hydrogen-bond donors (Lipinski definition) is 1. The highest BCUT2D eigenvalue weighted by atomic mass is 15.4. The van der Waals surface area contributed by atoms with Crippen LogP contribution in [0, 0.1) is 0 Å². The van der Waals surface area contributed by atoms with Crippen LogP contribution in [0.2, 0.25) is 0 Å². The Balaban J connectivity index is 2.61. The fourth-order valence-corrected chi connectivity index (χ4v) is 0.834. The van der Waals surface area contributed by atoms with E-state index in [1.165, 1.54) is 0 Å². The summed E-state index contributed by atoms with van der Waals surface area (Å²) in [6, 6.07) is -0.0528. The molecule has 0 aromatic carbocycles. The van der Waals surface area contributed by atoms with E-state index in [0.717, 1.165) is 12.8 Å². The molecule has 1 atom stereocenters. The lowest BCUT2D eigenvalue weighted by Gasteiger charge is -2.05. The van der Waals surface area contributed by atoms with Crippen LogP contribution in [0.5, 0.6) is 0 Å². The minimum atomic E-state index is -0.0528. The number of hydrogen-bond acceptors (Lipinski definition) is 5. The molecule has 11 heavy (non-hydrogen) atoms. The van der Waals surface area contributed by atoms with Gasteiger partial charge in [0.05, 0.1) is 12.2 Å². The molecule has 0 amide bonds. The van der Waals surface area contributed by atoms with Crippen molar-refractivity contribution < 1.29 is 0 Å². The quantitative estimate of drug-likeness (QED) is 0.664. The van der Waals surface area contributed by atoms with Crippen molar-refractivity contribution in [3.8, 4) is 0 Å². The van der Waals surface area contributed by atoms with Crippen molar-refractivity contribution in [2.24, 2.45) is 5.73 Å². The molecule has 0 saturated carbocycles. The van der Waals surface area contributed by atoms with Gasteiger partial charge in [0, 0.05) is 0 Å². The fourth-order valence-electron chi connectivity index (χ4n) is 0.834. The molecule has 1 aromatic rings. The van der Waals surface area contributed by atoms with Gasteiger partial charge in [0.25, 0.3) is 0 Å². The van der Waals surface area contributed by atoms with Gasteiger partial charge in [-0.15, -0.1) is 10.2 Å². The van der Waals surface area contributed by atoms with Gasteiger partial charge in [-0.1, -0.05) is 13.3 Å². The zero-order valence-corrected chi connectivity index (χ0v) is 6.44. The largest absolute Gasteiger partial charge is 0.323 e. The van der Waals surface area contributed by atoms with Crippen molar-refractivity contribution >= 4 is 0 Å². The molecule has 5 heteroatoms. The third-order valence-corrected chi connectivity index (χ3v) is 1.42. The highest BCUT2D eigenvalue weighted by Crippen LogP contribution is 2.09. The number of aromatic nitrogens is 4. The van der Waals surface area contributed by atoms with E-state index in [1.54, 1.807) is 6.20 Å². The third-order valence-electron chi connectivity index (χ3n) is 1.42. The summed E-state index contributed by atoms with van der Waals surface area (Å²) in [6.45, 7) is 2.07. The van der Waals surface area contributed by atoms with Crippen molar-refractivity contribution in [1.82, 2.24) is 20.6 Å². The Morgan fingerprint density at radius 3 is 2.91 bits per heavy atom. The first kappa shape index (κ1) is 8.00. The first-order valence-corrected chi connectivity index (χ1v) is 3.61. The Morgan fingerprint density at radius 1 is 1.55 bits per heavy atom. The van der Waals surface area contributed by atoms with Crippen LogP contribution in [-0.4, -0.2) is 20.6 Å². The summed E-state index contributed by atoms with van der Waals surface area (Å²) in [7, 11) is 0. The summed E-state index contributed by atoms with van der Waals surface area (Å²) in [5.74, 6) is 0. The van der Waals surface area contributed by atoms with Gasteiger partial charge in [-0.2, -0.15) is 0 Å². The van der Waals surface area contributed by atoms with E-state index in [1.807, 2.05) is 0 Å². The van der Waals surface area contributed by atoms with Crippen LogP contribution < -0.4 is 5.73 Å². The third kappa shape index (κ3) is 2.19. The van der Waals surface area contributed by atoms with E-state index in [2.05, 4.69) is 27.5 Å². The van der Waals surface area contributed by atoms with Gasteiger partial charge in [-0.05, 0) is 16.8 Å². The lowest BCUT2D eigenvalue weighted by Crippen LogP contribution is -2.13. The first-order chi connectivity index (χ1) is 5.34. The maximum absolute atomic E-state index is 5.74. The summed E-state index contributed by atoms with van der Waals surface area (Å²) >= 11 is 0. The van der Waals surface area contributed by atoms with Gasteiger partial charge in [-0.3, -0.25) is 0 Å². The Hall–Kier alpha value is -1.10. The van der Waals surface area contributed by atoms with E-state index in [-0.39, 0.29) is 6.04 Å². The SMILES string of the molecule is CCCC(N)c1cnnnn1. The predicted octanol–water partition coefficient (Wildman–Crippen LogP) is 0.0665. The molecule has 1 aromatic heterocycles. The van der Waals surface area contributed by atoms with E-state index in [9.17, 15) is 0 Å². The van der Waals surface area contributed by atoms with Crippen LogP contribution in [0.4, 0.5) is 0 Å². The minimum Gasteiger partial charge on any atom is -0.323 e. The van der Waals surface area contributed by atoms with Crippen LogP contribution in [0.1, 0.15) is 31.5 Å². The van der Waals surface area contributed by atoms with E-state index in [4.69, 9.17) is 5.73 Å². The fraction of sp³-hybridized carbons (Fsp3) is 0.667. The average molecular weight is 153 g/mol. The van der Waals surface area contributed by atoms with Crippen molar-refractivity contribution in [3.63, 3.8) is 0 Å². The maximum atomic E-state index is 5.74. The first-order valence-electron chi connectivity index (χ1n) is 3.61. The lowest BCUT2D eigenvalue weighted by molar-refractivity contribution is 0.588. The lowest BCUT2D eigenvalue weighted by atomic mass is 10.1. The second-order valence-corrected chi connectivity index (χ2v) is 2.34. The zero-order valence-electron chi connectivity index (χ0n) is 6.44. The minimum absolute atomic E-state index is 0.0528. The second-order valence-electron chi connectivity index (χ2n) is 2.34. The molecular weight excluding hydrogens is 142 g/mol. The average Bonchev–Trinajstić information content (AvgIpc) is 2.07. The zero-order chi connectivity index (χ0) is 8.10. The van der Waals surface area contributed by atoms with Crippen LogP contribution in [0.25, 0.3) is 0 Å². The smallest absolute Gasteiger partial charge is 0.102 e. The molecule has 0 radical (unpaired) electrons. The molecular formula is C6H11N5. The van der Waals surface area contributed by atoms with Gasteiger partial charge in [0.1, 0.15) is 5.69 Å². The molecule has 2 N–H and O–H groups in total. The van der Waals surface area contributed by atoms with Crippen molar-refractivity contribution in [1.29, 1.82) is 0 Å². The normalized spacial score (nSPS) is 12.9. The topological polar surface area (TPSA) is 77.6 Å². The summed E-state index contributed by atoms with van der Waals surface area (Å²) in [4.78, 5) is 0. The van der Waals surface area contributed by atoms with Crippen LogP contribution in [0.3, 0.4) is 0 Å². The molecule has 5 nitrogen and oxygen atoms in total. The van der Waals surface area contributed by atoms with Crippen molar-refractivity contribution in [2.75, 3.05) is 0 Å². The molecule has 0 bridgehead atoms. The summed E-state index contributed by atoms with van der Waals surface area (Å²) in [5, 5.41) is 14.1.